The first-order valence-corrected chi connectivity index (χ1v) is 12.1. The van der Waals surface area contributed by atoms with E-state index in [2.05, 4.69) is 72.8 Å². The number of aryl methyl sites for hydroxylation is 2. The second-order valence-electron chi connectivity index (χ2n) is 8.66. The average Bonchev–Trinajstić information content (AvgIpc) is 3.63. The topological polar surface area (TPSA) is 35.6 Å². The molecular formula is C32H24N4Pt. The third-order valence-corrected chi connectivity index (χ3v) is 6.23. The van der Waals surface area contributed by atoms with Crippen LogP contribution in [0.15, 0.2) is 122 Å². The number of rotatable bonds is 7. The molecule has 37 heavy (non-hydrogen) atoms. The van der Waals surface area contributed by atoms with E-state index in [0.29, 0.717) is 0 Å². The predicted octanol–water partition coefficient (Wildman–Crippen LogP) is 6.78. The molecule has 0 radical (unpaired) electrons. The van der Waals surface area contributed by atoms with Crippen molar-refractivity contribution >= 4 is 0 Å². The third-order valence-electron chi connectivity index (χ3n) is 6.23. The Balaban J connectivity index is 0.00000280. The van der Waals surface area contributed by atoms with E-state index in [0.717, 1.165) is 46.7 Å². The summed E-state index contributed by atoms with van der Waals surface area (Å²) in [6.07, 6.45) is 5.63. The Morgan fingerprint density at radius 2 is 0.919 bits per heavy atom. The molecule has 0 aliphatic heterocycles. The Hall–Kier alpha value is -4.01. The van der Waals surface area contributed by atoms with Gasteiger partial charge in [0.25, 0.3) is 0 Å². The van der Waals surface area contributed by atoms with Crippen LogP contribution in [-0.4, -0.2) is 19.6 Å². The standard InChI is InChI=1S/C32H24N4.Pt/c1-3-7-25(8-4-1)27-11-17-31(18-12-27)35-23-21-29(33-35)15-16-30-22-24-36(34-30)32-19-13-28(14-20-32)26-9-5-2-6-10-26;/h1-14,17,19,21-24H,15-16H2;/q-2;+2. The molecule has 0 atom stereocenters. The Labute approximate surface area is 231 Å². The molecule has 0 fully saturated rings. The Morgan fingerprint density at radius 1 is 0.486 bits per heavy atom. The van der Waals surface area contributed by atoms with Gasteiger partial charge in [0.15, 0.2) is 0 Å². The Bertz CT molecular complexity index is 1430. The molecule has 2 heterocycles. The van der Waals surface area contributed by atoms with E-state index in [1.807, 2.05) is 70.3 Å². The van der Waals surface area contributed by atoms with E-state index in [-0.39, 0.29) is 21.1 Å². The summed E-state index contributed by atoms with van der Waals surface area (Å²) in [4.78, 5) is 0. The quantitative estimate of drug-likeness (QED) is 0.177. The van der Waals surface area contributed by atoms with Crippen LogP contribution < -0.4 is 0 Å². The molecule has 0 aliphatic rings. The van der Waals surface area contributed by atoms with Crippen molar-refractivity contribution in [2.24, 2.45) is 0 Å². The van der Waals surface area contributed by atoms with Gasteiger partial charge in [-0.1, -0.05) is 71.8 Å². The van der Waals surface area contributed by atoms with Gasteiger partial charge in [-0.05, 0) is 36.3 Å². The maximum Gasteiger partial charge on any atom is 2.00 e. The molecule has 6 aromatic rings. The van der Waals surface area contributed by atoms with Crippen LogP contribution >= 0.6 is 0 Å². The van der Waals surface area contributed by atoms with Crippen LogP contribution in [0.3, 0.4) is 0 Å². The van der Waals surface area contributed by atoms with Crippen LogP contribution in [0, 0.1) is 12.1 Å². The van der Waals surface area contributed by atoms with E-state index in [4.69, 9.17) is 10.2 Å². The van der Waals surface area contributed by atoms with Gasteiger partial charge in [-0.15, -0.1) is 23.3 Å². The van der Waals surface area contributed by atoms with Crippen molar-refractivity contribution in [3.05, 3.63) is 145 Å². The van der Waals surface area contributed by atoms with Crippen molar-refractivity contribution in [1.29, 1.82) is 0 Å². The normalized spacial score (nSPS) is 10.7. The van der Waals surface area contributed by atoms with Crippen molar-refractivity contribution in [3.63, 3.8) is 0 Å². The van der Waals surface area contributed by atoms with Crippen LogP contribution in [0.4, 0.5) is 0 Å². The summed E-state index contributed by atoms with van der Waals surface area (Å²) < 4.78 is 3.76. The largest absolute Gasteiger partial charge is 2.00 e. The summed E-state index contributed by atoms with van der Waals surface area (Å²) in [5.41, 5.74) is 8.59. The van der Waals surface area contributed by atoms with E-state index >= 15 is 0 Å². The number of hydrogen-bond donors (Lipinski definition) is 0. The Kier molecular flexibility index (Phi) is 7.58. The molecule has 0 spiro atoms. The van der Waals surface area contributed by atoms with Crippen LogP contribution in [0.5, 0.6) is 0 Å². The molecule has 0 amide bonds. The molecule has 4 aromatic carbocycles. The summed E-state index contributed by atoms with van der Waals surface area (Å²) >= 11 is 0. The van der Waals surface area contributed by atoms with Crippen molar-refractivity contribution < 1.29 is 21.1 Å². The van der Waals surface area contributed by atoms with E-state index in [9.17, 15) is 0 Å². The summed E-state index contributed by atoms with van der Waals surface area (Å²) in [6, 6.07) is 43.9. The molecule has 0 unspecified atom stereocenters. The SMILES string of the molecule is [Pt+2].[c-]1cc(-c2ccccc2)ccc1-n1ccc(CCc2ccn(-c3[c-]cc(-c4ccccc4)cc3)n2)n1. The second kappa shape index (κ2) is 11.4. The van der Waals surface area contributed by atoms with Crippen LogP contribution in [0.2, 0.25) is 0 Å². The molecule has 182 valence electrons. The molecular weight excluding hydrogens is 635 g/mol. The van der Waals surface area contributed by atoms with E-state index < -0.39 is 0 Å². The molecule has 0 saturated heterocycles. The molecule has 2 aromatic heterocycles. The summed E-state index contributed by atoms with van der Waals surface area (Å²) in [7, 11) is 0. The van der Waals surface area contributed by atoms with Gasteiger partial charge in [-0.25, -0.2) is 0 Å². The first-order chi connectivity index (χ1) is 17.8. The minimum absolute atomic E-state index is 0. The first-order valence-electron chi connectivity index (χ1n) is 12.1. The molecule has 6 rings (SSSR count). The average molecular weight is 660 g/mol. The zero-order valence-corrected chi connectivity index (χ0v) is 22.3. The van der Waals surface area contributed by atoms with Gasteiger partial charge < -0.3 is 0 Å². The van der Waals surface area contributed by atoms with Crippen LogP contribution in [0.25, 0.3) is 33.6 Å². The van der Waals surface area contributed by atoms with Crippen LogP contribution in [0.1, 0.15) is 11.4 Å². The van der Waals surface area contributed by atoms with Gasteiger partial charge in [0, 0.05) is 12.4 Å². The number of benzene rings is 4. The van der Waals surface area contributed by atoms with Gasteiger partial charge in [-0.3, -0.25) is 9.36 Å². The number of hydrogen-bond acceptors (Lipinski definition) is 2. The van der Waals surface area contributed by atoms with E-state index in [1.54, 1.807) is 0 Å². The fraction of sp³-hybridized carbons (Fsp3) is 0.0625. The van der Waals surface area contributed by atoms with Gasteiger partial charge in [-0.2, -0.15) is 46.6 Å². The first kappa shape index (κ1) is 24.7. The summed E-state index contributed by atoms with van der Waals surface area (Å²) in [5, 5.41) is 9.49. The third kappa shape index (κ3) is 5.71. The van der Waals surface area contributed by atoms with Gasteiger partial charge >= 0.3 is 21.1 Å². The summed E-state index contributed by atoms with van der Waals surface area (Å²) in [5.74, 6) is 0. The van der Waals surface area contributed by atoms with Gasteiger partial charge in [0.2, 0.25) is 0 Å². The number of nitrogens with zero attached hydrogens (tertiary/aromatic N) is 4. The minimum Gasteiger partial charge on any atom is -0.265 e. The smallest absolute Gasteiger partial charge is 0.265 e. The molecule has 0 N–H and O–H groups in total. The van der Waals surface area contributed by atoms with E-state index in [1.165, 1.54) is 11.1 Å². The fourth-order valence-corrected chi connectivity index (χ4v) is 4.25. The zero-order chi connectivity index (χ0) is 24.2. The molecule has 0 saturated carbocycles. The molecule has 0 bridgehead atoms. The number of aromatic nitrogens is 4. The second-order valence-corrected chi connectivity index (χ2v) is 8.66. The van der Waals surface area contributed by atoms with Gasteiger partial charge in [0.05, 0.1) is 11.4 Å². The van der Waals surface area contributed by atoms with Crippen molar-refractivity contribution in [2.75, 3.05) is 0 Å². The van der Waals surface area contributed by atoms with Gasteiger partial charge in [0.1, 0.15) is 0 Å². The summed E-state index contributed by atoms with van der Waals surface area (Å²) in [6.45, 7) is 0. The van der Waals surface area contributed by atoms with Crippen LogP contribution in [-0.2, 0) is 33.9 Å². The predicted molar refractivity (Wildman–Crippen MR) is 143 cm³/mol. The van der Waals surface area contributed by atoms with Crippen molar-refractivity contribution in [3.8, 4) is 33.6 Å². The van der Waals surface area contributed by atoms with Crippen molar-refractivity contribution in [2.45, 2.75) is 12.8 Å². The monoisotopic (exact) mass is 659 g/mol. The van der Waals surface area contributed by atoms with Crippen molar-refractivity contribution in [1.82, 2.24) is 19.6 Å². The minimum atomic E-state index is 0. The fourth-order valence-electron chi connectivity index (χ4n) is 4.25. The molecule has 4 nitrogen and oxygen atoms in total. The molecule has 5 heteroatoms. The Morgan fingerprint density at radius 3 is 1.30 bits per heavy atom. The maximum absolute atomic E-state index is 4.75. The molecule has 0 aliphatic carbocycles. The zero-order valence-electron chi connectivity index (χ0n) is 20.1. The maximum atomic E-state index is 4.75.